The van der Waals surface area contributed by atoms with Crippen LogP contribution in [0.25, 0.3) is 0 Å². The highest BCUT2D eigenvalue weighted by atomic mass is 32.2. The summed E-state index contributed by atoms with van der Waals surface area (Å²) in [7, 11) is 0. The molecule has 0 spiro atoms. The molecule has 0 saturated heterocycles. The predicted molar refractivity (Wildman–Crippen MR) is 43.8 cm³/mol. The smallest absolute Gasteiger partial charge is 0.227 e. The average molecular weight is 210 g/mol. The third kappa shape index (κ3) is 4.34. The lowest BCUT2D eigenvalue weighted by atomic mass is 10.4. The van der Waals surface area contributed by atoms with Gasteiger partial charge in [-0.1, -0.05) is 0 Å². The van der Waals surface area contributed by atoms with Crippen LogP contribution in [0.1, 0.15) is 0 Å². The van der Waals surface area contributed by atoms with Crippen LogP contribution < -0.4 is 0 Å². The van der Waals surface area contributed by atoms with Crippen molar-refractivity contribution in [2.24, 2.45) is 0 Å². The Morgan fingerprint density at radius 1 is 1.00 bits per heavy atom. The van der Waals surface area contributed by atoms with Crippen LogP contribution in [0.15, 0.2) is 0 Å². The van der Waals surface area contributed by atoms with Gasteiger partial charge in [-0.05, 0) is 11.8 Å². The first-order chi connectivity index (χ1) is 6.02. The molecule has 0 heterocycles. The molecule has 0 fully saturated rings. The van der Waals surface area contributed by atoms with Crippen molar-refractivity contribution in [1.29, 1.82) is 0 Å². The van der Waals surface area contributed by atoms with Gasteiger partial charge in [-0.25, -0.2) is 0 Å². The maximum absolute atomic E-state index is 10.7. The van der Waals surface area contributed by atoms with Crippen molar-refractivity contribution >= 4 is 22.0 Å². The zero-order chi connectivity index (χ0) is 10.4. The van der Waals surface area contributed by atoms with Gasteiger partial charge >= 0.3 is 0 Å². The number of aliphatic hydroxyl groups is 4. The second-order valence-electron chi connectivity index (χ2n) is 2.14. The Kier molecular flexibility index (Phi) is 5.84. The molecule has 2 unspecified atom stereocenters. The molecule has 0 aliphatic heterocycles. The molecule has 2 atom stereocenters. The van der Waals surface area contributed by atoms with Gasteiger partial charge in [0.2, 0.25) is 10.2 Å². The quantitative estimate of drug-likeness (QED) is 0.404. The number of carbonyl (C=O) groups is 2. The topological polar surface area (TPSA) is 115 Å². The van der Waals surface area contributed by atoms with Gasteiger partial charge in [-0.15, -0.1) is 0 Å². The molecule has 4 N–H and O–H groups in total. The normalized spacial score (nSPS) is 15.1. The lowest BCUT2D eigenvalue weighted by Gasteiger charge is -2.06. The summed E-state index contributed by atoms with van der Waals surface area (Å²) in [5, 5.41) is 32.1. The summed E-state index contributed by atoms with van der Waals surface area (Å²) in [6.07, 6.45) is -3.28. The number of aliphatic hydroxyl groups excluding tert-OH is 4. The molecule has 0 aromatic carbocycles. The Morgan fingerprint density at radius 2 is 1.31 bits per heavy atom. The molecule has 0 rings (SSSR count). The molecule has 0 aromatic heterocycles. The minimum absolute atomic E-state index is 0.0671. The fourth-order valence-corrected chi connectivity index (χ4v) is 1.00. The molecule has 6 nitrogen and oxygen atoms in total. The minimum atomic E-state index is -1.64. The van der Waals surface area contributed by atoms with E-state index in [2.05, 4.69) is 0 Å². The highest BCUT2D eigenvalue weighted by Crippen LogP contribution is 2.09. The van der Waals surface area contributed by atoms with Crippen molar-refractivity contribution in [1.82, 2.24) is 0 Å². The van der Waals surface area contributed by atoms with Gasteiger partial charge in [0.25, 0.3) is 0 Å². The second-order valence-corrected chi connectivity index (χ2v) is 3.15. The first-order valence-corrected chi connectivity index (χ1v) is 4.18. The first kappa shape index (κ1) is 12.5. The Bertz CT molecular complexity index is 174. The molecule has 0 amide bonds. The molecule has 0 aliphatic carbocycles. The summed E-state index contributed by atoms with van der Waals surface area (Å²) in [5.74, 6) is 0. The molecule has 0 aliphatic rings. The van der Waals surface area contributed by atoms with Gasteiger partial charge in [0, 0.05) is 0 Å². The maximum atomic E-state index is 10.7. The molecule has 76 valence electrons. The standard InChI is InChI=1S/C6H10O6S/c7-1-3(9)5(11)13-6(12)4(10)2-8/h3-4,7-10H,1-2H2. The SMILES string of the molecule is O=C(SC(=O)C(O)CO)C(O)CO. The fraction of sp³-hybridized carbons (Fsp3) is 0.667. The Hall–Kier alpha value is -0.470. The van der Waals surface area contributed by atoms with Gasteiger partial charge in [0.05, 0.1) is 13.2 Å². The van der Waals surface area contributed by atoms with Crippen LogP contribution >= 0.6 is 11.8 Å². The third-order valence-electron chi connectivity index (χ3n) is 1.09. The first-order valence-electron chi connectivity index (χ1n) is 3.36. The number of hydrogen-bond acceptors (Lipinski definition) is 7. The third-order valence-corrected chi connectivity index (χ3v) is 2.04. The average Bonchev–Trinajstić information content (AvgIpc) is 2.14. The lowest BCUT2D eigenvalue weighted by molar-refractivity contribution is -0.122. The number of hydrogen-bond donors (Lipinski definition) is 4. The van der Waals surface area contributed by atoms with E-state index in [1.165, 1.54) is 0 Å². The summed E-state index contributed by atoms with van der Waals surface area (Å²) in [6.45, 7) is -1.57. The second kappa shape index (κ2) is 6.06. The van der Waals surface area contributed by atoms with Crippen LogP contribution in [-0.4, -0.2) is 56.1 Å². The highest BCUT2D eigenvalue weighted by Gasteiger charge is 2.23. The minimum Gasteiger partial charge on any atom is -0.393 e. The molecule has 7 heteroatoms. The molecular weight excluding hydrogens is 200 g/mol. The van der Waals surface area contributed by atoms with Crippen molar-refractivity contribution < 1.29 is 30.0 Å². The number of thioether (sulfide) groups is 1. The van der Waals surface area contributed by atoms with E-state index in [0.717, 1.165) is 0 Å². The Balaban J connectivity index is 3.99. The van der Waals surface area contributed by atoms with E-state index in [4.69, 9.17) is 20.4 Å². The molecule has 0 bridgehead atoms. The van der Waals surface area contributed by atoms with Gasteiger partial charge in [0.1, 0.15) is 12.2 Å². The zero-order valence-electron chi connectivity index (χ0n) is 6.58. The van der Waals surface area contributed by atoms with E-state index >= 15 is 0 Å². The monoisotopic (exact) mass is 210 g/mol. The van der Waals surface area contributed by atoms with Gasteiger partial charge in [-0.3, -0.25) is 9.59 Å². The van der Waals surface area contributed by atoms with Crippen LogP contribution in [0.5, 0.6) is 0 Å². The summed E-state index contributed by atoms with van der Waals surface area (Å²) >= 11 is 0.0671. The Labute approximate surface area is 78.2 Å². The summed E-state index contributed by atoms with van der Waals surface area (Å²) < 4.78 is 0. The zero-order valence-corrected chi connectivity index (χ0v) is 7.40. The van der Waals surface area contributed by atoms with Crippen molar-refractivity contribution in [2.75, 3.05) is 13.2 Å². The fourth-order valence-electron chi connectivity index (χ4n) is 0.384. The predicted octanol–water partition coefficient (Wildman–Crippen LogP) is -2.52. The molecule has 13 heavy (non-hydrogen) atoms. The van der Waals surface area contributed by atoms with Crippen LogP contribution in [0.2, 0.25) is 0 Å². The van der Waals surface area contributed by atoms with Crippen molar-refractivity contribution in [3.05, 3.63) is 0 Å². The largest absolute Gasteiger partial charge is 0.393 e. The van der Waals surface area contributed by atoms with E-state index in [1.807, 2.05) is 0 Å². The van der Waals surface area contributed by atoms with Crippen molar-refractivity contribution in [2.45, 2.75) is 12.2 Å². The summed E-state index contributed by atoms with van der Waals surface area (Å²) in [6, 6.07) is 0. The van der Waals surface area contributed by atoms with Crippen LogP contribution in [0, 0.1) is 0 Å². The molecule has 0 saturated carbocycles. The summed E-state index contributed by atoms with van der Waals surface area (Å²) in [4.78, 5) is 21.5. The van der Waals surface area contributed by atoms with E-state index in [9.17, 15) is 9.59 Å². The van der Waals surface area contributed by atoms with Crippen molar-refractivity contribution in [3.63, 3.8) is 0 Å². The van der Waals surface area contributed by atoms with Crippen LogP contribution in [-0.2, 0) is 9.59 Å². The van der Waals surface area contributed by atoms with Crippen LogP contribution in [0.4, 0.5) is 0 Å². The van der Waals surface area contributed by atoms with Crippen molar-refractivity contribution in [3.8, 4) is 0 Å². The Morgan fingerprint density at radius 3 is 1.54 bits per heavy atom. The van der Waals surface area contributed by atoms with Crippen LogP contribution in [0.3, 0.4) is 0 Å². The molecule has 0 radical (unpaired) electrons. The van der Waals surface area contributed by atoms with E-state index < -0.39 is 35.7 Å². The molecular formula is C6H10O6S. The number of carbonyl (C=O) groups excluding carboxylic acids is 2. The van der Waals surface area contributed by atoms with E-state index in [0.29, 0.717) is 0 Å². The number of rotatable bonds is 4. The highest BCUT2D eigenvalue weighted by molar-refractivity contribution is 8.26. The summed E-state index contributed by atoms with van der Waals surface area (Å²) in [5.41, 5.74) is 0. The van der Waals surface area contributed by atoms with Gasteiger partial charge in [0.15, 0.2) is 0 Å². The van der Waals surface area contributed by atoms with E-state index in [-0.39, 0.29) is 11.8 Å². The lowest BCUT2D eigenvalue weighted by Crippen LogP contribution is -2.27. The van der Waals surface area contributed by atoms with E-state index in [1.54, 1.807) is 0 Å². The molecule has 0 aromatic rings. The maximum Gasteiger partial charge on any atom is 0.227 e. The van der Waals surface area contributed by atoms with Gasteiger partial charge in [-0.2, -0.15) is 0 Å². The van der Waals surface area contributed by atoms with Gasteiger partial charge < -0.3 is 20.4 Å².